The highest BCUT2D eigenvalue weighted by atomic mass is 35.5. The summed E-state index contributed by atoms with van der Waals surface area (Å²) < 4.78 is 1.92. The quantitative estimate of drug-likeness (QED) is 0.774. The lowest BCUT2D eigenvalue weighted by atomic mass is 10.1. The van der Waals surface area contributed by atoms with E-state index < -0.39 is 5.24 Å². The first-order chi connectivity index (χ1) is 8.19. The Hall–Kier alpha value is -1.35. The number of para-hydroxylation sites is 1. The predicted molar refractivity (Wildman–Crippen MR) is 69.5 cm³/mol. The normalized spacial score (nSPS) is 11.3. The van der Waals surface area contributed by atoms with Crippen molar-refractivity contribution in [1.82, 2.24) is 9.78 Å². The van der Waals surface area contributed by atoms with Gasteiger partial charge in [-0.15, -0.1) is 0 Å². The van der Waals surface area contributed by atoms with Gasteiger partial charge in [0.2, 0.25) is 0 Å². The van der Waals surface area contributed by atoms with Gasteiger partial charge >= 0.3 is 0 Å². The molecule has 2 rings (SSSR count). The van der Waals surface area contributed by atoms with Gasteiger partial charge in [0.05, 0.1) is 11.6 Å². The summed E-state index contributed by atoms with van der Waals surface area (Å²) in [7, 11) is 0. The average molecular weight is 251 g/mol. The molecule has 0 atom stereocenters. The standard InChI is InChI=1S/C13H15ClN2O/c1-3-9(4-2)16-11-8-6-5-7-10(11)12(15-16)13(14)17/h5-9H,3-4H2,1-2H3. The van der Waals surface area contributed by atoms with Gasteiger partial charge in [0.1, 0.15) is 0 Å². The number of hydrogen-bond acceptors (Lipinski definition) is 2. The number of nitrogens with zero attached hydrogens (tertiary/aromatic N) is 2. The molecule has 0 saturated heterocycles. The Morgan fingerprint density at radius 2 is 2.00 bits per heavy atom. The highest BCUT2D eigenvalue weighted by Crippen LogP contribution is 2.25. The Morgan fingerprint density at radius 3 is 2.59 bits per heavy atom. The molecule has 0 fully saturated rings. The third kappa shape index (κ3) is 2.07. The van der Waals surface area contributed by atoms with Gasteiger partial charge in [0.25, 0.3) is 5.24 Å². The Morgan fingerprint density at radius 1 is 1.35 bits per heavy atom. The molecule has 1 heterocycles. The third-order valence-electron chi connectivity index (χ3n) is 3.09. The fraction of sp³-hybridized carbons (Fsp3) is 0.385. The Labute approximate surface area is 105 Å². The van der Waals surface area contributed by atoms with Gasteiger partial charge in [-0.05, 0) is 30.5 Å². The van der Waals surface area contributed by atoms with Crippen LogP contribution < -0.4 is 0 Å². The van der Waals surface area contributed by atoms with E-state index in [9.17, 15) is 4.79 Å². The topological polar surface area (TPSA) is 34.9 Å². The molecule has 0 spiro atoms. The van der Waals surface area contributed by atoms with Crippen molar-refractivity contribution in [3.05, 3.63) is 30.0 Å². The van der Waals surface area contributed by atoms with Gasteiger partial charge in [-0.2, -0.15) is 5.10 Å². The minimum atomic E-state index is -0.495. The smallest absolute Gasteiger partial charge is 0.273 e. The van der Waals surface area contributed by atoms with E-state index in [1.165, 1.54) is 0 Å². The van der Waals surface area contributed by atoms with Crippen LogP contribution in [0.3, 0.4) is 0 Å². The molecule has 2 aromatic rings. The highest BCUT2D eigenvalue weighted by molar-refractivity contribution is 6.68. The number of aromatic nitrogens is 2. The molecule has 0 amide bonds. The van der Waals surface area contributed by atoms with Crippen molar-refractivity contribution in [1.29, 1.82) is 0 Å². The van der Waals surface area contributed by atoms with Crippen molar-refractivity contribution in [2.75, 3.05) is 0 Å². The van der Waals surface area contributed by atoms with E-state index >= 15 is 0 Å². The number of carbonyl (C=O) groups excluding carboxylic acids is 1. The molecule has 0 saturated carbocycles. The van der Waals surface area contributed by atoms with Gasteiger partial charge < -0.3 is 0 Å². The maximum Gasteiger partial charge on any atom is 0.273 e. The summed E-state index contributed by atoms with van der Waals surface area (Å²) >= 11 is 5.57. The molecule has 0 aliphatic heterocycles. The van der Waals surface area contributed by atoms with E-state index in [0.717, 1.165) is 23.7 Å². The molecule has 1 aromatic heterocycles. The Bertz CT molecular complexity index is 543. The van der Waals surface area contributed by atoms with Crippen molar-refractivity contribution in [2.24, 2.45) is 0 Å². The van der Waals surface area contributed by atoms with Crippen LogP contribution in [-0.2, 0) is 0 Å². The number of carbonyl (C=O) groups is 1. The summed E-state index contributed by atoms with van der Waals surface area (Å²) in [6, 6.07) is 8.02. The number of fused-ring (bicyclic) bond motifs is 1. The van der Waals surface area contributed by atoms with E-state index in [1.807, 2.05) is 28.9 Å². The van der Waals surface area contributed by atoms with Crippen LogP contribution in [0.1, 0.15) is 43.2 Å². The molecule has 3 nitrogen and oxygen atoms in total. The van der Waals surface area contributed by atoms with Crippen molar-refractivity contribution >= 4 is 27.7 Å². The van der Waals surface area contributed by atoms with E-state index in [1.54, 1.807) is 0 Å². The number of rotatable bonds is 4. The van der Waals surface area contributed by atoms with Gasteiger partial charge in [-0.25, -0.2) is 0 Å². The van der Waals surface area contributed by atoms with Gasteiger partial charge in [0.15, 0.2) is 5.69 Å². The fourth-order valence-electron chi connectivity index (χ4n) is 2.15. The molecule has 0 bridgehead atoms. The summed E-state index contributed by atoms with van der Waals surface area (Å²) in [6.45, 7) is 4.24. The first-order valence-electron chi connectivity index (χ1n) is 5.86. The van der Waals surface area contributed by atoms with E-state index in [2.05, 4.69) is 18.9 Å². The van der Waals surface area contributed by atoms with Crippen LogP contribution in [0, 0.1) is 0 Å². The highest BCUT2D eigenvalue weighted by Gasteiger charge is 2.18. The molecule has 0 radical (unpaired) electrons. The first kappa shape index (κ1) is 12.1. The average Bonchev–Trinajstić information content (AvgIpc) is 2.71. The summed E-state index contributed by atoms with van der Waals surface area (Å²) in [6.07, 6.45) is 1.97. The molecule has 0 N–H and O–H groups in total. The first-order valence-corrected chi connectivity index (χ1v) is 6.23. The molecule has 17 heavy (non-hydrogen) atoms. The van der Waals surface area contributed by atoms with Crippen LogP contribution in [0.25, 0.3) is 10.9 Å². The maximum atomic E-state index is 11.4. The summed E-state index contributed by atoms with van der Waals surface area (Å²) in [4.78, 5) is 11.4. The fourth-order valence-corrected chi connectivity index (χ4v) is 2.29. The summed E-state index contributed by atoms with van der Waals surface area (Å²) in [5.41, 5.74) is 1.33. The lowest BCUT2D eigenvalue weighted by Gasteiger charge is -2.13. The van der Waals surface area contributed by atoms with Gasteiger partial charge in [-0.3, -0.25) is 9.48 Å². The zero-order chi connectivity index (χ0) is 12.4. The monoisotopic (exact) mass is 250 g/mol. The molecule has 90 valence electrons. The molecule has 0 aliphatic rings. The lowest BCUT2D eigenvalue weighted by Crippen LogP contribution is -2.09. The van der Waals surface area contributed by atoms with Crippen LogP contribution in [0.4, 0.5) is 0 Å². The van der Waals surface area contributed by atoms with Crippen LogP contribution in [0.15, 0.2) is 24.3 Å². The molecule has 4 heteroatoms. The minimum absolute atomic E-state index is 0.310. The van der Waals surface area contributed by atoms with Crippen LogP contribution in [0.2, 0.25) is 0 Å². The number of halogens is 1. The van der Waals surface area contributed by atoms with Crippen molar-refractivity contribution in [3.63, 3.8) is 0 Å². The molecule has 0 aliphatic carbocycles. The maximum absolute atomic E-state index is 11.4. The van der Waals surface area contributed by atoms with E-state index in [-0.39, 0.29) is 0 Å². The van der Waals surface area contributed by atoms with Crippen LogP contribution >= 0.6 is 11.6 Å². The molecular weight excluding hydrogens is 236 g/mol. The van der Waals surface area contributed by atoms with Crippen molar-refractivity contribution in [3.8, 4) is 0 Å². The SMILES string of the molecule is CCC(CC)n1nc(C(=O)Cl)c2ccccc21. The van der Waals surface area contributed by atoms with Gasteiger partial charge in [-0.1, -0.05) is 32.0 Å². The van der Waals surface area contributed by atoms with E-state index in [0.29, 0.717) is 11.7 Å². The lowest BCUT2D eigenvalue weighted by molar-refractivity contribution is 0.107. The van der Waals surface area contributed by atoms with Crippen molar-refractivity contribution < 1.29 is 4.79 Å². The zero-order valence-corrected chi connectivity index (χ0v) is 10.7. The van der Waals surface area contributed by atoms with Gasteiger partial charge in [0, 0.05) is 5.39 Å². The van der Waals surface area contributed by atoms with Crippen LogP contribution in [0.5, 0.6) is 0 Å². The second kappa shape index (κ2) is 4.88. The minimum Gasteiger partial charge on any atom is -0.274 e. The summed E-state index contributed by atoms with van der Waals surface area (Å²) in [5.74, 6) is 0. The third-order valence-corrected chi connectivity index (χ3v) is 3.27. The van der Waals surface area contributed by atoms with Crippen LogP contribution in [-0.4, -0.2) is 15.0 Å². The molecule has 0 unspecified atom stereocenters. The van der Waals surface area contributed by atoms with E-state index in [4.69, 9.17) is 11.6 Å². The molecule has 1 aromatic carbocycles. The second-order valence-electron chi connectivity index (χ2n) is 4.05. The summed E-state index contributed by atoms with van der Waals surface area (Å²) in [5, 5.41) is 4.70. The largest absolute Gasteiger partial charge is 0.274 e. The predicted octanol–water partition coefficient (Wildman–Crippen LogP) is 3.78. The number of benzene rings is 1. The molecular formula is C13H15ClN2O. The second-order valence-corrected chi connectivity index (χ2v) is 4.40. The Kier molecular flexibility index (Phi) is 3.48. The zero-order valence-electron chi connectivity index (χ0n) is 9.98. The number of hydrogen-bond donors (Lipinski definition) is 0. The van der Waals surface area contributed by atoms with Crippen molar-refractivity contribution in [2.45, 2.75) is 32.7 Å². The Balaban J connectivity index is 2.68.